The summed E-state index contributed by atoms with van der Waals surface area (Å²) in [5.41, 5.74) is 5.03. The lowest BCUT2D eigenvalue weighted by molar-refractivity contribution is 0.774. The molecule has 0 atom stereocenters. The fourth-order valence-electron chi connectivity index (χ4n) is 2.40. The van der Waals surface area contributed by atoms with Gasteiger partial charge in [0.05, 0.1) is 16.8 Å². The number of nitrogens with zero attached hydrogens (tertiary/aromatic N) is 3. The first-order valence-electron chi connectivity index (χ1n) is 6.28. The van der Waals surface area contributed by atoms with Gasteiger partial charge in [-0.05, 0) is 13.0 Å². The Hall–Kier alpha value is -2.36. The molecule has 0 aliphatic rings. The van der Waals surface area contributed by atoms with Gasteiger partial charge in [-0.2, -0.15) is 5.10 Å². The van der Waals surface area contributed by atoms with Crippen molar-refractivity contribution in [3.63, 3.8) is 0 Å². The van der Waals surface area contributed by atoms with Crippen molar-refractivity contribution >= 4 is 16.7 Å². The summed E-state index contributed by atoms with van der Waals surface area (Å²) in [4.78, 5) is 4.73. The second-order valence-corrected chi connectivity index (χ2v) is 4.58. The van der Waals surface area contributed by atoms with E-state index in [0.29, 0.717) is 0 Å². The standard InChI is InChI=1S/C15H16N4/c1-10-14-13(16-2)9-12(11-7-5-4-6-8-11)17-15(14)19(3)18-10/h4-9H,1-3H3,(H,16,17). The van der Waals surface area contributed by atoms with Crippen LogP contribution >= 0.6 is 0 Å². The zero-order chi connectivity index (χ0) is 13.4. The fourth-order valence-corrected chi connectivity index (χ4v) is 2.40. The molecule has 2 aromatic heterocycles. The van der Waals surface area contributed by atoms with Gasteiger partial charge in [-0.15, -0.1) is 0 Å². The average Bonchev–Trinajstić information content (AvgIpc) is 2.74. The molecule has 4 heteroatoms. The highest BCUT2D eigenvalue weighted by Gasteiger charge is 2.13. The molecule has 0 amide bonds. The summed E-state index contributed by atoms with van der Waals surface area (Å²) in [6, 6.07) is 12.3. The Kier molecular flexibility index (Phi) is 2.71. The number of hydrogen-bond donors (Lipinski definition) is 1. The topological polar surface area (TPSA) is 42.7 Å². The third-order valence-electron chi connectivity index (χ3n) is 3.31. The number of rotatable bonds is 2. The first-order valence-corrected chi connectivity index (χ1v) is 6.28. The number of fused-ring (bicyclic) bond motifs is 1. The van der Waals surface area contributed by atoms with E-state index < -0.39 is 0 Å². The summed E-state index contributed by atoms with van der Waals surface area (Å²) >= 11 is 0. The lowest BCUT2D eigenvalue weighted by Gasteiger charge is -2.07. The van der Waals surface area contributed by atoms with Gasteiger partial charge in [0.1, 0.15) is 0 Å². The SMILES string of the molecule is CNc1cc(-c2ccccc2)nc2c1c(C)nn2C. The highest BCUT2D eigenvalue weighted by Crippen LogP contribution is 2.29. The van der Waals surface area contributed by atoms with Gasteiger partial charge in [0, 0.05) is 25.3 Å². The summed E-state index contributed by atoms with van der Waals surface area (Å²) in [5, 5.41) is 8.78. The van der Waals surface area contributed by atoms with E-state index in [1.54, 1.807) is 0 Å². The maximum atomic E-state index is 4.73. The number of nitrogens with one attached hydrogen (secondary N) is 1. The average molecular weight is 252 g/mol. The van der Waals surface area contributed by atoms with Gasteiger partial charge < -0.3 is 5.32 Å². The van der Waals surface area contributed by atoms with Crippen molar-refractivity contribution in [1.82, 2.24) is 14.8 Å². The molecule has 0 bridgehead atoms. The summed E-state index contributed by atoms with van der Waals surface area (Å²) in [5.74, 6) is 0. The monoisotopic (exact) mass is 252 g/mol. The molecule has 0 radical (unpaired) electrons. The highest BCUT2D eigenvalue weighted by molar-refractivity contribution is 5.93. The molecule has 1 aromatic carbocycles. The largest absolute Gasteiger partial charge is 0.387 e. The summed E-state index contributed by atoms with van der Waals surface area (Å²) in [6.07, 6.45) is 0. The maximum absolute atomic E-state index is 4.73. The number of anilines is 1. The van der Waals surface area contributed by atoms with E-state index in [0.717, 1.165) is 33.7 Å². The van der Waals surface area contributed by atoms with Gasteiger partial charge in [0.25, 0.3) is 0 Å². The Morgan fingerprint density at radius 2 is 1.89 bits per heavy atom. The van der Waals surface area contributed by atoms with Crippen LogP contribution in [0.1, 0.15) is 5.69 Å². The number of pyridine rings is 1. The third kappa shape index (κ3) is 1.85. The van der Waals surface area contributed by atoms with Crippen LogP contribution in [0.5, 0.6) is 0 Å². The predicted octanol–water partition coefficient (Wildman–Crippen LogP) is 2.99. The van der Waals surface area contributed by atoms with Gasteiger partial charge in [0.15, 0.2) is 5.65 Å². The molecule has 3 aromatic rings. The smallest absolute Gasteiger partial charge is 0.160 e. The lowest BCUT2D eigenvalue weighted by atomic mass is 10.1. The first kappa shape index (κ1) is 11.7. The van der Waals surface area contributed by atoms with Crippen molar-refractivity contribution in [3.05, 3.63) is 42.1 Å². The minimum absolute atomic E-state index is 0.906. The molecule has 0 saturated heterocycles. The van der Waals surface area contributed by atoms with Gasteiger partial charge >= 0.3 is 0 Å². The molecule has 1 N–H and O–H groups in total. The molecule has 0 spiro atoms. The van der Waals surface area contributed by atoms with Crippen LogP contribution in [-0.4, -0.2) is 21.8 Å². The highest BCUT2D eigenvalue weighted by atomic mass is 15.3. The molecule has 4 nitrogen and oxygen atoms in total. The predicted molar refractivity (Wildman–Crippen MR) is 78.2 cm³/mol. The lowest BCUT2D eigenvalue weighted by Crippen LogP contribution is -1.96. The van der Waals surface area contributed by atoms with Gasteiger partial charge in [-0.25, -0.2) is 4.98 Å². The second-order valence-electron chi connectivity index (χ2n) is 4.58. The maximum Gasteiger partial charge on any atom is 0.160 e. The molecule has 0 unspecified atom stereocenters. The minimum atomic E-state index is 0.906. The Morgan fingerprint density at radius 1 is 1.16 bits per heavy atom. The van der Waals surface area contributed by atoms with Crippen LogP contribution in [0.25, 0.3) is 22.3 Å². The molecular weight excluding hydrogens is 236 g/mol. The van der Waals surface area contributed by atoms with E-state index in [4.69, 9.17) is 4.98 Å². The molecule has 19 heavy (non-hydrogen) atoms. The van der Waals surface area contributed by atoms with Crippen LogP contribution < -0.4 is 5.32 Å². The van der Waals surface area contributed by atoms with E-state index >= 15 is 0 Å². The van der Waals surface area contributed by atoms with Crippen molar-refractivity contribution in [1.29, 1.82) is 0 Å². The van der Waals surface area contributed by atoms with Gasteiger partial charge in [0.2, 0.25) is 0 Å². The molecule has 2 heterocycles. The van der Waals surface area contributed by atoms with Gasteiger partial charge in [-0.3, -0.25) is 4.68 Å². The zero-order valence-electron chi connectivity index (χ0n) is 11.3. The van der Waals surface area contributed by atoms with Crippen LogP contribution in [0.3, 0.4) is 0 Å². The minimum Gasteiger partial charge on any atom is -0.387 e. The van der Waals surface area contributed by atoms with Crippen LogP contribution in [0.2, 0.25) is 0 Å². The number of benzene rings is 1. The number of aryl methyl sites for hydroxylation is 2. The van der Waals surface area contributed by atoms with Crippen LogP contribution in [-0.2, 0) is 7.05 Å². The van der Waals surface area contributed by atoms with E-state index in [-0.39, 0.29) is 0 Å². The normalized spacial score (nSPS) is 10.9. The quantitative estimate of drug-likeness (QED) is 0.762. The number of aromatic nitrogens is 3. The fraction of sp³-hybridized carbons (Fsp3) is 0.200. The molecule has 0 fully saturated rings. The third-order valence-corrected chi connectivity index (χ3v) is 3.31. The summed E-state index contributed by atoms with van der Waals surface area (Å²) < 4.78 is 1.83. The Bertz CT molecular complexity index is 729. The van der Waals surface area contributed by atoms with Crippen LogP contribution in [0.4, 0.5) is 5.69 Å². The molecule has 0 aliphatic heterocycles. The molecule has 96 valence electrons. The molecule has 0 aliphatic carbocycles. The van der Waals surface area contributed by atoms with Crippen LogP contribution in [0, 0.1) is 6.92 Å². The zero-order valence-corrected chi connectivity index (χ0v) is 11.3. The van der Waals surface area contributed by atoms with E-state index in [1.165, 1.54) is 0 Å². The van der Waals surface area contributed by atoms with Crippen molar-refractivity contribution < 1.29 is 0 Å². The van der Waals surface area contributed by atoms with Gasteiger partial charge in [-0.1, -0.05) is 30.3 Å². The van der Waals surface area contributed by atoms with E-state index in [9.17, 15) is 0 Å². The van der Waals surface area contributed by atoms with Crippen molar-refractivity contribution in [2.24, 2.45) is 7.05 Å². The first-order chi connectivity index (χ1) is 9.20. The molecule has 3 rings (SSSR count). The van der Waals surface area contributed by atoms with Crippen molar-refractivity contribution in [2.75, 3.05) is 12.4 Å². The Labute approximate surface area is 112 Å². The van der Waals surface area contributed by atoms with Crippen molar-refractivity contribution in [3.8, 4) is 11.3 Å². The number of hydrogen-bond acceptors (Lipinski definition) is 3. The van der Waals surface area contributed by atoms with Crippen LogP contribution in [0.15, 0.2) is 36.4 Å². The molecular formula is C15H16N4. The Morgan fingerprint density at radius 3 is 2.58 bits per heavy atom. The van der Waals surface area contributed by atoms with E-state index in [2.05, 4.69) is 28.6 Å². The summed E-state index contributed by atoms with van der Waals surface area (Å²) in [6.45, 7) is 2.01. The Balaban J connectivity index is 2.32. The summed E-state index contributed by atoms with van der Waals surface area (Å²) in [7, 11) is 3.85. The molecule has 0 saturated carbocycles. The van der Waals surface area contributed by atoms with E-state index in [1.807, 2.05) is 43.9 Å². The second kappa shape index (κ2) is 4.39. The van der Waals surface area contributed by atoms with Crippen molar-refractivity contribution in [2.45, 2.75) is 6.92 Å².